The van der Waals surface area contributed by atoms with E-state index in [1.807, 2.05) is 0 Å². The molecule has 0 aromatic rings. The van der Waals surface area contributed by atoms with E-state index in [1.54, 1.807) is 0 Å². The maximum absolute atomic E-state index is 9.41. The summed E-state index contributed by atoms with van der Waals surface area (Å²) in [6.07, 6.45) is 8.95. The standard InChI is InChI=1S/C10H15NO.C4H4O4/c1-2-7-12-10-8-11-5-3-9(10)4-6-11;5-3(6)1-2-4(7)8/h1,9-10H,3-8H2;1-2H,(H,5,6)(H,7,8)/p-2/b;2-1+/t10-;/m0./s1. The highest BCUT2D eigenvalue weighted by Crippen LogP contribution is 2.29. The van der Waals surface area contributed by atoms with Crippen LogP contribution in [-0.4, -0.2) is 49.2 Å². The Morgan fingerprint density at radius 2 is 1.80 bits per heavy atom. The second-order valence-corrected chi connectivity index (χ2v) is 4.66. The average Bonchev–Trinajstić information content (AvgIpc) is 2.45. The Morgan fingerprint density at radius 3 is 2.15 bits per heavy atom. The third-order valence-corrected chi connectivity index (χ3v) is 3.33. The summed E-state index contributed by atoms with van der Waals surface area (Å²) in [5.74, 6) is 0.221. The number of ether oxygens (including phenoxy) is 1. The van der Waals surface area contributed by atoms with Crippen molar-refractivity contribution in [2.75, 3.05) is 26.2 Å². The van der Waals surface area contributed by atoms with Gasteiger partial charge < -0.3 is 29.4 Å². The molecule has 3 fully saturated rings. The van der Waals surface area contributed by atoms with Crippen molar-refractivity contribution in [1.29, 1.82) is 0 Å². The van der Waals surface area contributed by atoms with Crippen LogP contribution in [0.1, 0.15) is 12.8 Å². The van der Waals surface area contributed by atoms with Crippen LogP contribution < -0.4 is 10.2 Å². The van der Waals surface area contributed by atoms with Crippen molar-refractivity contribution < 1.29 is 24.5 Å². The van der Waals surface area contributed by atoms with E-state index in [0.29, 0.717) is 24.9 Å². The molecule has 6 heteroatoms. The molecule has 0 unspecified atom stereocenters. The molecular weight excluding hydrogens is 262 g/mol. The molecule has 0 aliphatic carbocycles. The predicted octanol–water partition coefficient (Wildman–Crippen LogP) is -2.23. The van der Waals surface area contributed by atoms with Crippen molar-refractivity contribution >= 4 is 11.9 Å². The molecule has 0 amide bonds. The molecule has 3 aliphatic rings. The predicted molar refractivity (Wildman–Crippen MR) is 66.9 cm³/mol. The Morgan fingerprint density at radius 1 is 1.25 bits per heavy atom. The number of fused-ring (bicyclic) bond motifs is 3. The molecule has 0 radical (unpaired) electrons. The van der Waals surface area contributed by atoms with Crippen LogP contribution in [0.4, 0.5) is 0 Å². The lowest BCUT2D eigenvalue weighted by molar-refractivity contribution is -0.301. The molecule has 110 valence electrons. The van der Waals surface area contributed by atoms with Crippen LogP contribution in [0.2, 0.25) is 0 Å². The minimum atomic E-state index is -1.55. The van der Waals surface area contributed by atoms with Crippen LogP contribution in [0.25, 0.3) is 0 Å². The van der Waals surface area contributed by atoms with Gasteiger partial charge in [0, 0.05) is 6.54 Å². The number of nitrogens with zero attached hydrogens (tertiary/aromatic N) is 1. The van der Waals surface area contributed by atoms with Crippen LogP contribution in [-0.2, 0) is 14.3 Å². The number of terminal acetylenes is 1. The van der Waals surface area contributed by atoms with Crippen LogP contribution in [0.15, 0.2) is 12.2 Å². The van der Waals surface area contributed by atoms with Crippen LogP contribution in [0.5, 0.6) is 0 Å². The molecule has 3 rings (SSSR count). The molecule has 0 saturated carbocycles. The van der Waals surface area contributed by atoms with Crippen molar-refractivity contribution in [1.82, 2.24) is 4.90 Å². The van der Waals surface area contributed by atoms with Gasteiger partial charge in [-0.25, -0.2) is 0 Å². The molecule has 2 bridgehead atoms. The summed E-state index contributed by atoms with van der Waals surface area (Å²) in [5.41, 5.74) is 0. The first-order valence-corrected chi connectivity index (χ1v) is 6.40. The van der Waals surface area contributed by atoms with E-state index in [0.717, 1.165) is 12.5 Å². The van der Waals surface area contributed by atoms with Crippen molar-refractivity contribution in [3.05, 3.63) is 12.2 Å². The topological polar surface area (TPSA) is 92.7 Å². The largest absolute Gasteiger partial charge is 0.545 e. The van der Waals surface area contributed by atoms with Crippen molar-refractivity contribution in [2.24, 2.45) is 5.92 Å². The lowest BCUT2D eigenvalue weighted by atomic mass is 9.86. The molecule has 3 heterocycles. The van der Waals surface area contributed by atoms with Gasteiger partial charge in [-0.1, -0.05) is 5.92 Å². The zero-order valence-corrected chi connectivity index (χ0v) is 11.1. The molecular formula is C14H17NO5-2. The summed E-state index contributed by atoms with van der Waals surface area (Å²) in [6.45, 7) is 4.11. The Hall–Kier alpha value is -1.84. The number of carbonyl (C=O) groups excluding carboxylic acids is 2. The molecule has 20 heavy (non-hydrogen) atoms. The molecule has 1 atom stereocenters. The molecule has 6 nitrogen and oxygen atoms in total. The number of aliphatic carboxylic acids is 2. The first kappa shape index (κ1) is 16.2. The van der Waals surface area contributed by atoms with Gasteiger partial charge in [-0.05, 0) is 44.0 Å². The summed E-state index contributed by atoms with van der Waals surface area (Å²) in [6, 6.07) is 0. The summed E-state index contributed by atoms with van der Waals surface area (Å²) in [4.78, 5) is 21.3. The van der Waals surface area contributed by atoms with E-state index in [1.165, 1.54) is 25.9 Å². The lowest BCUT2D eigenvalue weighted by Gasteiger charge is -2.44. The monoisotopic (exact) mass is 279 g/mol. The van der Waals surface area contributed by atoms with Gasteiger partial charge in [-0.15, -0.1) is 6.42 Å². The number of carboxylic acids is 2. The van der Waals surface area contributed by atoms with Gasteiger partial charge in [0.1, 0.15) is 6.61 Å². The van der Waals surface area contributed by atoms with Gasteiger partial charge in [-0.2, -0.15) is 0 Å². The van der Waals surface area contributed by atoms with E-state index < -0.39 is 11.9 Å². The zero-order valence-electron chi connectivity index (χ0n) is 11.1. The number of hydrogen-bond donors (Lipinski definition) is 0. The molecule has 0 aromatic heterocycles. The molecule has 3 aliphatic heterocycles. The second-order valence-electron chi connectivity index (χ2n) is 4.66. The van der Waals surface area contributed by atoms with E-state index in [-0.39, 0.29) is 0 Å². The highest BCUT2D eigenvalue weighted by molar-refractivity contribution is 5.87. The molecule has 3 saturated heterocycles. The van der Waals surface area contributed by atoms with Crippen LogP contribution in [0.3, 0.4) is 0 Å². The van der Waals surface area contributed by atoms with Gasteiger partial charge in [-0.3, -0.25) is 0 Å². The number of rotatable bonds is 4. The fourth-order valence-electron chi connectivity index (χ4n) is 2.39. The Bertz CT molecular complexity index is 388. The summed E-state index contributed by atoms with van der Waals surface area (Å²) in [5, 5.41) is 18.8. The maximum atomic E-state index is 9.41. The minimum absolute atomic E-state index is 0.384. The third kappa shape index (κ3) is 5.87. The number of carboxylic acid groups (broad SMARTS) is 2. The van der Waals surface area contributed by atoms with E-state index in [4.69, 9.17) is 11.2 Å². The fraction of sp³-hybridized carbons (Fsp3) is 0.571. The first-order valence-electron chi connectivity index (χ1n) is 6.40. The molecule has 0 N–H and O–H groups in total. The van der Waals surface area contributed by atoms with E-state index in [2.05, 4.69) is 10.8 Å². The Labute approximate surface area is 118 Å². The van der Waals surface area contributed by atoms with E-state index >= 15 is 0 Å². The maximum Gasteiger partial charge on any atom is 0.107 e. The SMILES string of the molecule is C#CCO[C@H]1CN2CCC1CC2.O=C([O-])/C=C/C(=O)[O-]. The number of carbonyl (C=O) groups is 2. The van der Waals surface area contributed by atoms with Crippen LogP contribution >= 0.6 is 0 Å². The Balaban J connectivity index is 0.000000221. The number of hydrogen-bond acceptors (Lipinski definition) is 6. The smallest absolute Gasteiger partial charge is 0.107 e. The van der Waals surface area contributed by atoms with Gasteiger partial charge in [0.25, 0.3) is 0 Å². The van der Waals surface area contributed by atoms with Crippen molar-refractivity contribution in [2.45, 2.75) is 18.9 Å². The zero-order chi connectivity index (χ0) is 15.0. The third-order valence-electron chi connectivity index (χ3n) is 3.33. The normalized spacial score (nSPS) is 27.4. The van der Waals surface area contributed by atoms with Gasteiger partial charge >= 0.3 is 0 Å². The van der Waals surface area contributed by atoms with Gasteiger partial charge in [0.2, 0.25) is 0 Å². The summed E-state index contributed by atoms with van der Waals surface area (Å²) >= 11 is 0. The van der Waals surface area contributed by atoms with Crippen molar-refractivity contribution in [3.8, 4) is 12.3 Å². The van der Waals surface area contributed by atoms with E-state index in [9.17, 15) is 19.8 Å². The Kier molecular flexibility index (Phi) is 6.77. The highest BCUT2D eigenvalue weighted by Gasteiger charge is 2.34. The van der Waals surface area contributed by atoms with Crippen molar-refractivity contribution in [3.63, 3.8) is 0 Å². The lowest BCUT2D eigenvalue weighted by Crippen LogP contribution is -2.51. The van der Waals surface area contributed by atoms with Gasteiger partial charge in [0.05, 0.1) is 18.0 Å². The summed E-state index contributed by atoms with van der Waals surface area (Å²) < 4.78 is 5.59. The summed E-state index contributed by atoms with van der Waals surface area (Å²) in [7, 11) is 0. The first-order chi connectivity index (χ1) is 9.52. The van der Waals surface area contributed by atoms with Crippen LogP contribution in [0, 0.1) is 18.3 Å². The molecule has 0 spiro atoms. The minimum Gasteiger partial charge on any atom is -0.545 e. The molecule has 0 aromatic carbocycles. The highest BCUT2D eigenvalue weighted by atomic mass is 16.5. The number of piperidine rings is 3. The average molecular weight is 279 g/mol. The van der Waals surface area contributed by atoms with Gasteiger partial charge in [0.15, 0.2) is 0 Å². The quantitative estimate of drug-likeness (QED) is 0.427. The second kappa shape index (κ2) is 8.35. The fourth-order valence-corrected chi connectivity index (χ4v) is 2.39.